The molecule has 1 unspecified atom stereocenters. The van der Waals surface area contributed by atoms with Crippen molar-refractivity contribution in [2.45, 2.75) is 58.4 Å². The van der Waals surface area contributed by atoms with Gasteiger partial charge in [-0.1, -0.05) is 19.8 Å². The lowest BCUT2D eigenvalue weighted by Gasteiger charge is -2.29. The number of nitrogens with one attached hydrogen (secondary N) is 2. The van der Waals surface area contributed by atoms with Crippen molar-refractivity contribution in [1.82, 2.24) is 15.5 Å². The Labute approximate surface area is 124 Å². The molecular weight excluding hydrogens is 250 g/mol. The number of hydrogen-bond donors (Lipinski definition) is 2. The maximum absolute atomic E-state index is 11.9. The van der Waals surface area contributed by atoms with Gasteiger partial charge in [-0.05, 0) is 65.2 Å². The molecule has 20 heavy (non-hydrogen) atoms. The van der Waals surface area contributed by atoms with Crippen LogP contribution < -0.4 is 10.6 Å². The van der Waals surface area contributed by atoms with Crippen LogP contribution in [-0.4, -0.2) is 50.1 Å². The highest BCUT2D eigenvalue weighted by Gasteiger charge is 2.17. The van der Waals surface area contributed by atoms with Crippen LogP contribution in [0.3, 0.4) is 0 Å². The number of piperidine rings is 1. The van der Waals surface area contributed by atoms with Crippen molar-refractivity contribution in [3.05, 3.63) is 0 Å². The van der Waals surface area contributed by atoms with E-state index in [1.54, 1.807) is 0 Å². The summed E-state index contributed by atoms with van der Waals surface area (Å²) in [6, 6.07) is -0.0668. The first-order valence-corrected chi connectivity index (χ1v) is 8.33. The number of amides is 1. The molecule has 1 amide bonds. The largest absolute Gasteiger partial charge is 0.355 e. The lowest BCUT2D eigenvalue weighted by molar-refractivity contribution is -0.122. The Hall–Kier alpha value is -0.610. The SMILES string of the molecule is CCCCCNC(=O)C(C)NCCC1CCN(C)CC1. The Morgan fingerprint density at radius 1 is 1.25 bits per heavy atom. The maximum atomic E-state index is 11.9. The highest BCUT2D eigenvalue weighted by atomic mass is 16.2. The van der Waals surface area contributed by atoms with Gasteiger partial charge in [0.15, 0.2) is 0 Å². The van der Waals surface area contributed by atoms with Crippen LogP contribution in [0.5, 0.6) is 0 Å². The zero-order valence-corrected chi connectivity index (χ0v) is 13.6. The molecule has 0 aliphatic carbocycles. The number of hydrogen-bond acceptors (Lipinski definition) is 3. The van der Waals surface area contributed by atoms with E-state index in [4.69, 9.17) is 0 Å². The van der Waals surface area contributed by atoms with Gasteiger partial charge in [-0.15, -0.1) is 0 Å². The van der Waals surface area contributed by atoms with Gasteiger partial charge in [0.25, 0.3) is 0 Å². The molecule has 2 N–H and O–H groups in total. The Morgan fingerprint density at radius 3 is 2.60 bits per heavy atom. The predicted molar refractivity (Wildman–Crippen MR) is 84.8 cm³/mol. The van der Waals surface area contributed by atoms with Crippen molar-refractivity contribution in [2.24, 2.45) is 5.92 Å². The molecule has 118 valence electrons. The molecule has 1 saturated heterocycles. The Bertz CT molecular complexity index is 262. The van der Waals surface area contributed by atoms with E-state index < -0.39 is 0 Å². The first-order valence-electron chi connectivity index (χ1n) is 8.33. The van der Waals surface area contributed by atoms with Crippen molar-refractivity contribution in [2.75, 3.05) is 33.2 Å². The van der Waals surface area contributed by atoms with Gasteiger partial charge in [0.2, 0.25) is 5.91 Å². The molecule has 1 aliphatic heterocycles. The van der Waals surface area contributed by atoms with E-state index in [2.05, 4.69) is 29.5 Å². The maximum Gasteiger partial charge on any atom is 0.236 e. The molecule has 0 saturated carbocycles. The third-order valence-electron chi connectivity index (χ3n) is 4.31. The van der Waals surface area contributed by atoms with Gasteiger partial charge in [0.1, 0.15) is 0 Å². The zero-order valence-electron chi connectivity index (χ0n) is 13.6. The summed E-state index contributed by atoms with van der Waals surface area (Å²) in [6.07, 6.45) is 7.27. The van der Waals surface area contributed by atoms with E-state index in [1.807, 2.05) is 6.92 Å². The summed E-state index contributed by atoms with van der Waals surface area (Å²) >= 11 is 0. The molecule has 0 aromatic carbocycles. The normalized spacial score (nSPS) is 18.9. The lowest BCUT2D eigenvalue weighted by Crippen LogP contribution is -2.43. The second kappa shape index (κ2) is 10.2. The predicted octanol–water partition coefficient (Wildman–Crippen LogP) is 2.00. The molecule has 0 aromatic rings. The first-order chi connectivity index (χ1) is 9.63. The van der Waals surface area contributed by atoms with Crippen LogP contribution in [0.1, 0.15) is 52.4 Å². The van der Waals surface area contributed by atoms with Crippen molar-refractivity contribution in [3.8, 4) is 0 Å². The minimum Gasteiger partial charge on any atom is -0.355 e. The topological polar surface area (TPSA) is 44.4 Å². The van der Waals surface area contributed by atoms with E-state index in [9.17, 15) is 4.79 Å². The van der Waals surface area contributed by atoms with Crippen LogP contribution in [0.15, 0.2) is 0 Å². The third-order valence-corrected chi connectivity index (χ3v) is 4.31. The van der Waals surface area contributed by atoms with Crippen LogP contribution in [0.25, 0.3) is 0 Å². The Balaban J connectivity index is 2.04. The second-order valence-electron chi connectivity index (χ2n) is 6.21. The van der Waals surface area contributed by atoms with Gasteiger partial charge in [-0.2, -0.15) is 0 Å². The van der Waals surface area contributed by atoms with Crippen molar-refractivity contribution >= 4 is 5.91 Å². The quantitative estimate of drug-likeness (QED) is 0.636. The number of likely N-dealkylation sites (tertiary alicyclic amines) is 1. The molecule has 1 fully saturated rings. The molecule has 4 nitrogen and oxygen atoms in total. The average molecular weight is 283 g/mol. The fraction of sp³-hybridized carbons (Fsp3) is 0.938. The smallest absolute Gasteiger partial charge is 0.236 e. The monoisotopic (exact) mass is 283 g/mol. The van der Waals surface area contributed by atoms with E-state index in [-0.39, 0.29) is 11.9 Å². The number of unbranched alkanes of at least 4 members (excludes halogenated alkanes) is 2. The highest BCUT2D eigenvalue weighted by molar-refractivity contribution is 5.81. The Morgan fingerprint density at radius 2 is 1.95 bits per heavy atom. The van der Waals surface area contributed by atoms with Gasteiger partial charge in [-0.25, -0.2) is 0 Å². The van der Waals surface area contributed by atoms with Crippen molar-refractivity contribution in [3.63, 3.8) is 0 Å². The van der Waals surface area contributed by atoms with Crippen LogP contribution in [0.4, 0.5) is 0 Å². The van der Waals surface area contributed by atoms with Crippen LogP contribution in [0, 0.1) is 5.92 Å². The average Bonchev–Trinajstić information content (AvgIpc) is 2.45. The van der Waals surface area contributed by atoms with E-state index in [0.29, 0.717) is 0 Å². The summed E-state index contributed by atoms with van der Waals surface area (Å²) in [4.78, 5) is 14.3. The van der Waals surface area contributed by atoms with Gasteiger partial charge in [-0.3, -0.25) is 4.79 Å². The fourth-order valence-electron chi connectivity index (χ4n) is 2.69. The molecule has 1 rings (SSSR count). The molecule has 4 heteroatoms. The number of nitrogens with zero attached hydrogens (tertiary/aromatic N) is 1. The minimum absolute atomic E-state index is 0.0668. The van der Waals surface area contributed by atoms with Crippen LogP contribution in [0.2, 0.25) is 0 Å². The van der Waals surface area contributed by atoms with Crippen molar-refractivity contribution in [1.29, 1.82) is 0 Å². The van der Waals surface area contributed by atoms with Gasteiger partial charge in [0, 0.05) is 6.54 Å². The lowest BCUT2D eigenvalue weighted by atomic mass is 9.94. The third kappa shape index (κ3) is 7.25. The summed E-state index contributed by atoms with van der Waals surface area (Å²) in [5, 5.41) is 6.36. The second-order valence-corrected chi connectivity index (χ2v) is 6.21. The van der Waals surface area contributed by atoms with Gasteiger partial charge >= 0.3 is 0 Å². The molecule has 0 aromatic heterocycles. The number of carbonyl (C=O) groups excluding carboxylic acids is 1. The summed E-state index contributed by atoms with van der Waals surface area (Å²) < 4.78 is 0. The summed E-state index contributed by atoms with van der Waals surface area (Å²) in [5.74, 6) is 0.975. The summed E-state index contributed by atoms with van der Waals surface area (Å²) in [7, 11) is 2.19. The van der Waals surface area contributed by atoms with Crippen LogP contribution in [-0.2, 0) is 4.79 Å². The van der Waals surface area contributed by atoms with Crippen molar-refractivity contribution < 1.29 is 4.79 Å². The van der Waals surface area contributed by atoms with Crippen LogP contribution >= 0.6 is 0 Å². The standard InChI is InChI=1S/C16H33N3O/c1-4-5-6-10-18-16(20)14(2)17-11-7-15-8-12-19(3)13-9-15/h14-15,17H,4-13H2,1-3H3,(H,18,20). The summed E-state index contributed by atoms with van der Waals surface area (Å²) in [6.45, 7) is 8.35. The number of carbonyl (C=O) groups is 1. The first kappa shape index (κ1) is 17.4. The number of rotatable bonds is 9. The molecule has 1 aliphatic rings. The molecule has 0 radical (unpaired) electrons. The molecule has 0 spiro atoms. The molecule has 1 heterocycles. The molecular formula is C16H33N3O. The summed E-state index contributed by atoms with van der Waals surface area (Å²) in [5.41, 5.74) is 0. The van der Waals surface area contributed by atoms with E-state index in [0.717, 1.165) is 25.4 Å². The Kier molecular flexibility index (Phi) is 8.86. The van der Waals surface area contributed by atoms with Gasteiger partial charge < -0.3 is 15.5 Å². The highest BCUT2D eigenvalue weighted by Crippen LogP contribution is 2.18. The minimum atomic E-state index is -0.0668. The zero-order chi connectivity index (χ0) is 14.8. The van der Waals surface area contributed by atoms with E-state index >= 15 is 0 Å². The molecule has 1 atom stereocenters. The fourth-order valence-corrected chi connectivity index (χ4v) is 2.69. The molecule has 0 bridgehead atoms. The van der Waals surface area contributed by atoms with Gasteiger partial charge in [0.05, 0.1) is 6.04 Å². The van der Waals surface area contributed by atoms with E-state index in [1.165, 1.54) is 45.2 Å².